The monoisotopic (exact) mass is 472 g/mol. The highest BCUT2D eigenvalue weighted by molar-refractivity contribution is 6.33. The van der Waals surface area contributed by atoms with E-state index in [4.69, 9.17) is 16.6 Å². The first-order valence-corrected chi connectivity index (χ1v) is 12.5. The molecule has 0 spiro atoms. The normalized spacial score (nSPS) is 18.9. The van der Waals surface area contributed by atoms with Crippen molar-refractivity contribution in [2.24, 2.45) is 0 Å². The molecule has 1 aliphatic heterocycles. The van der Waals surface area contributed by atoms with Crippen LogP contribution in [0.25, 0.3) is 22.2 Å². The van der Waals surface area contributed by atoms with Gasteiger partial charge >= 0.3 is 0 Å². The zero-order chi connectivity index (χ0) is 23.1. The van der Waals surface area contributed by atoms with E-state index in [9.17, 15) is 0 Å². The van der Waals surface area contributed by atoms with Gasteiger partial charge in [-0.25, -0.2) is 9.97 Å². The number of halogens is 1. The molecule has 3 heterocycles. The Kier molecular flexibility index (Phi) is 5.73. The van der Waals surface area contributed by atoms with Gasteiger partial charge in [0.05, 0.1) is 16.9 Å². The van der Waals surface area contributed by atoms with Crippen LogP contribution in [0.4, 0.5) is 11.6 Å². The zero-order valence-corrected chi connectivity index (χ0v) is 20.1. The number of aromatic amines is 1. The molecular weight excluding hydrogens is 444 g/mol. The first-order valence-electron chi connectivity index (χ1n) is 12.1. The Morgan fingerprint density at radius 1 is 1.18 bits per heavy atom. The number of fused-ring (bicyclic) bond motifs is 1. The summed E-state index contributed by atoms with van der Waals surface area (Å²) in [4.78, 5) is 15.1. The third-order valence-corrected chi connectivity index (χ3v) is 7.04. The Morgan fingerprint density at radius 2 is 2.06 bits per heavy atom. The third-order valence-electron chi connectivity index (χ3n) is 6.77. The Balaban J connectivity index is 1.30. The molecule has 174 valence electrons. The van der Waals surface area contributed by atoms with E-state index in [-0.39, 0.29) is 0 Å². The van der Waals surface area contributed by atoms with Crippen molar-refractivity contribution in [2.45, 2.75) is 38.3 Å². The summed E-state index contributed by atoms with van der Waals surface area (Å²) in [5.74, 6) is 1.23. The predicted molar refractivity (Wildman–Crippen MR) is 139 cm³/mol. The molecule has 34 heavy (non-hydrogen) atoms. The third kappa shape index (κ3) is 4.53. The molecule has 1 atom stereocenters. The minimum atomic E-state index is 0.531. The summed E-state index contributed by atoms with van der Waals surface area (Å²) in [6.45, 7) is 6.41. The maximum Gasteiger partial charge on any atom is 0.227 e. The van der Waals surface area contributed by atoms with Crippen molar-refractivity contribution in [3.8, 4) is 11.3 Å². The topological polar surface area (TPSA) is 68.9 Å². The average Bonchev–Trinajstić information content (AvgIpc) is 3.60. The average molecular weight is 473 g/mol. The molecule has 1 unspecified atom stereocenters. The molecule has 7 heteroatoms. The molecule has 2 aromatic carbocycles. The summed E-state index contributed by atoms with van der Waals surface area (Å²) in [5, 5.41) is 8.63. The van der Waals surface area contributed by atoms with Gasteiger partial charge in [0.15, 0.2) is 0 Å². The molecule has 4 aromatic rings. The number of hydrogen-bond donors (Lipinski definition) is 3. The van der Waals surface area contributed by atoms with Crippen LogP contribution in [0.2, 0.25) is 5.02 Å². The number of aromatic nitrogens is 3. The number of benzene rings is 2. The van der Waals surface area contributed by atoms with Crippen molar-refractivity contribution in [1.82, 2.24) is 25.2 Å². The number of nitrogens with zero attached hydrogens (tertiary/aromatic N) is 3. The van der Waals surface area contributed by atoms with E-state index in [0.717, 1.165) is 54.0 Å². The Hall–Kier alpha value is -2.93. The van der Waals surface area contributed by atoms with Crippen molar-refractivity contribution in [3.05, 3.63) is 71.0 Å². The van der Waals surface area contributed by atoms with Gasteiger partial charge in [-0.1, -0.05) is 35.9 Å². The summed E-state index contributed by atoms with van der Waals surface area (Å²) < 4.78 is 0. The molecule has 0 radical (unpaired) electrons. The molecule has 2 fully saturated rings. The van der Waals surface area contributed by atoms with E-state index in [2.05, 4.69) is 62.8 Å². The number of piperazine rings is 1. The van der Waals surface area contributed by atoms with Crippen LogP contribution in [0.15, 0.2) is 54.9 Å². The highest BCUT2D eigenvalue weighted by Crippen LogP contribution is 2.41. The smallest absolute Gasteiger partial charge is 0.227 e. The molecule has 1 aliphatic carbocycles. The van der Waals surface area contributed by atoms with E-state index >= 15 is 0 Å². The van der Waals surface area contributed by atoms with E-state index in [1.54, 1.807) is 6.20 Å². The van der Waals surface area contributed by atoms with Crippen LogP contribution in [0, 0.1) is 0 Å². The molecule has 1 saturated heterocycles. The van der Waals surface area contributed by atoms with Gasteiger partial charge in [0, 0.05) is 60.6 Å². The number of para-hydroxylation sites is 1. The van der Waals surface area contributed by atoms with Crippen LogP contribution < -0.4 is 10.6 Å². The van der Waals surface area contributed by atoms with Crippen LogP contribution in [-0.2, 0) is 6.54 Å². The number of anilines is 2. The van der Waals surface area contributed by atoms with Gasteiger partial charge < -0.3 is 15.6 Å². The SMILES string of the molecule is CC1CN(Cc2cc(Nc3ncc(Cl)c(-c4c[nH]c5ccccc45)n3)cc(C3CC3)c2)CCN1. The fourth-order valence-corrected chi connectivity index (χ4v) is 5.15. The summed E-state index contributed by atoms with van der Waals surface area (Å²) in [5.41, 5.74) is 6.55. The van der Waals surface area contributed by atoms with Gasteiger partial charge in [-0.2, -0.15) is 0 Å². The van der Waals surface area contributed by atoms with Gasteiger partial charge in [0.25, 0.3) is 0 Å². The predicted octanol–water partition coefficient (Wildman–Crippen LogP) is 5.69. The molecule has 3 N–H and O–H groups in total. The largest absolute Gasteiger partial charge is 0.360 e. The fourth-order valence-electron chi connectivity index (χ4n) is 4.96. The van der Waals surface area contributed by atoms with Gasteiger partial charge in [0.2, 0.25) is 5.95 Å². The highest BCUT2D eigenvalue weighted by atomic mass is 35.5. The summed E-state index contributed by atoms with van der Waals surface area (Å²) >= 11 is 6.53. The van der Waals surface area contributed by atoms with Gasteiger partial charge in [0.1, 0.15) is 0 Å². The molecule has 1 saturated carbocycles. The summed E-state index contributed by atoms with van der Waals surface area (Å²) in [7, 11) is 0. The zero-order valence-electron chi connectivity index (χ0n) is 19.3. The van der Waals surface area contributed by atoms with E-state index < -0.39 is 0 Å². The lowest BCUT2D eigenvalue weighted by molar-refractivity contribution is 0.199. The van der Waals surface area contributed by atoms with Crippen LogP contribution in [-0.4, -0.2) is 45.5 Å². The van der Waals surface area contributed by atoms with E-state index in [1.807, 2.05) is 18.3 Å². The number of hydrogen-bond acceptors (Lipinski definition) is 5. The van der Waals surface area contributed by atoms with Gasteiger partial charge in [-0.05, 0) is 55.0 Å². The lowest BCUT2D eigenvalue weighted by Gasteiger charge is -2.32. The summed E-state index contributed by atoms with van der Waals surface area (Å²) in [6, 6.07) is 15.6. The fraction of sp³-hybridized carbons (Fsp3) is 0.333. The van der Waals surface area contributed by atoms with Crippen molar-refractivity contribution in [1.29, 1.82) is 0 Å². The second kappa shape index (κ2) is 9.02. The van der Waals surface area contributed by atoms with Crippen molar-refractivity contribution >= 4 is 34.1 Å². The lowest BCUT2D eigenvalue weighted by atomic mass is 10.0. The summed E-state index contributed by atoms with van der Waals surface area (Å²) in [6.07, 6.45) is 6.19. The second-order valence-electron chi connectivity index (χ2n) is 9.59. The minimum absolute atomic E-state index is 0.531. The number of H-pyrrole nitrogens is 1. The molecular formula is C27H29ClN6. The van der Waals surface area contributed by atoms with Gasteiger partial charge in [-0.3, -0.25) is 4.90 Å². The van der Waals surface area contributed by atoms with Crippen LogP contribution in [0.1, 0.15) is 36.8 Å². The van der Waals surface area contributed by atoms with Crippen molar-refractivity contribution in [3.63, 3.8) is 0 Å². The van der Waals surface area contributed by atoms with Crippen LogP contribution >= 0.6 is 11.6 Å². The minimum Gasteiger partial charge on any atom is -0.360 e. The number of rotatable bonds is 6. The quantitative estimate of drug-likeness (QED) is 0.336. The Morgan fingerprint density at radius 3 is 2.91 bits per heavy atom. The van der Waals surface area contributed by atoms with E-state index in [0.29, 0.717) is 22.9 Å². The molecule has 0 bridgehead atoms. The Labute approximate surface area is 204 Å². The highest BCUT2D eigenvalue weighted by Gasteiger charge is 2.25. The molecule has 6 rings (SSSR count). The molecule has 6 nitrogen and oxygen atoms in total. The maximum atomic E-state index is 6.53. The van der Waals surface area contributed by atoms with E-state index in [1.165, 1.54) is 24.0 Å². The number of nitrogens with one attached hydrogen (secondary N) is 3. The van der Waals surface area contributed by atoms with Crippen LogP contribution in [0.5, 0.6) is 0 Å². The molecule has 0 amide bonds. The first-order chi connectivity index (χ1) is 16.6. The second-order valence-corrected chi connectivity index (χ2v) is 10.00. The van der Waals surface area contributed by atoms with Crippen molar-refractivity contribution < 1.29 is 0 Å². The molecule has 2 aromatic heterocycles. The standard InChI is InChI=1S/C27H29ClN6/c1-17-15-34(9-8-29-17)16-18-10-20(19-6-7-19)12-21(11-18)32-27-31-14-24(28)26(33-27)23-13-30-25-5-3-2-4-22(23)25/h2-5,10-14,17,19,29-30H,6-9,15-16H2,1H3,(H,31,32,33). The van der Waals surface area contributed by atoms with Crippen molar-refractivity contribution in [2.75, 3.05) is 25.0 Å². The van der Waals surface area contributed by atoms with Crippen LogP contribution in [0.3, 0.4) is 0 Å². The van der Waals surface area contributed by atoms with Gasteiger partial charge in [-0.15, -0.1) is 0 Å². The molecule has 2 aliphatic rings. The maximum absolute atomic E-state index is 6.53. The Bertz CT molecular complexity index is 1330. The lowest BCUT2D eigenvalue weighted by Crippen LogP contribution is -2.48. The first kappa shape index (κ1) is 21.6.